The molecule has 0 atom stereocenters. The zero-order valence-electron chi connectivity index (χ0n) is 16.6. The topological polar surface area (TPSA) is 70.6 Å². The summed E-state index contributed by atoms with van der Waals surface area (Å²) in [5.74, 6) is -0.393. The molecule has 2 aromatic carbocycles. The molecule has 3 aromatic rings. The second-order valence-corrected chi connectivity index (χ2v) is 10.5. The fourth-order valence-electron chi connectivity index (χ4n) is 2.95. The molecule has 0 saturated carbocycles. The van der Waals surface area contributed by atoms with E-state index in [1.807, 2.05) is 38.1 Å². The Labute approximate surface area is 179 Å². The van der Waals surface area contributed by atoms with Gasteiger partial charge in [-0.2, -0.15) is 0 Å². The zero-order valence-corrected chi connectivity index (χ0v) is 19.0. The van der Waals surface area contributed by atoms with Crippen LogP contribution in [0.25, 0.3) is 10.2 Å². The van der Waals surface area contributed by atoms with Gasteiger partial charge in [-0.15, -0.1) is 0 Å². The molecule has 1 amide bonds. The Bertz CT molecular complexity index is 1170. The van der Waals surface area contributed by atoms with Gasteiger partial charge in [0.1, 0.15) is 0 Å². The number of sulfone groups is 1. The number of aryl methyl sites for hydroxylation is 1. The number of likely N-dealkylation sites (N-methyl/N-ethyl adjacent to an activating group) is 1. The number of amides is 1. The van der Waals surface area contributed by atoms with Crippen molar-refractivity contribution in [2.45, 2.75) is 11.8 Å². The number of rotatable bonds is 6. The van der Waals surface area contributed by atoms with Crippen molar-refractivity contribution in [3.05, 3.63) is 52.5 Å². The van der Waals surface area contributed by atoms with E-state index in [9.17, 15) is 13.2 Å². The molecule has 0 bridgehead atoms. The van der Waals surface area contributed by atoms with Crippen molar-refractivity contribution in [1.29, 1.82) is 0 Å². The van der Waals surface area contributed by atoms with Crippen LogP contribution in [-0.4, -0.2) is 57.6 Å². The van der Waals surface area contributed by atoms with Gasteiger partial charge in [-0.3, -0.25) is 9.69 Å². The number of anilines is 1. The van der Waals surface area contributed by atoms with Crippen LogP contribution in [0.2, 0.25) is 5.02 Å². The highest BCUT2D eigenvalue weighted by Gasteiger charge is 2.26. The van der Waals surface area contributed by atoms with E-state index in [1.165, 1.54) is 23.5 Å². The van der Waals surface area contributed by atoms with Crippen LogP contribution in [0.5, 0.6) is 0 Å². The van der Waals surface area contributed by atoms with Crippen LogP contribution < -0.4 is 4.90 Å². The maximum absolute atomic E-state index is 13.4. The predicted octanol–water partition coefficient (Wildman–Crippen LogP) is 3.87. The number of nitrogens with zero attached hydrogens (tertiary/aromatic N) is 3. The first-order valence-electron chi connectivity index (χ1n) is 8.90. The van der Waals surface area contributed by atoms with Crippen molar-refractivity contribution in [1.82, 2.24) is 9.88 Å². The Morgan fingerprint density at radius 1 is 1.17 bits per heavy atom. The molecule has 6 nitrogen and oxygen atoms in total. The van der Waals surface area contributed by atoms with E-state index >= 15 is 0 Å². The molecule has 0 N–H and O–H groups in total. The van der Waals surface area contributed by atoms with Gasteiger partial charge in [-0.05, 0) is 50.8 Å². The summed E-state index contributed by atoms with van der Waals surface area (Å²) >= 11 is 7.53. The Morgan fingerprint density at radius 3 is 2.52 bits per heavy atom. The van der Waals surface area contributed by atoms with Crippen LogP contribution in [0.4, 0.5) is 5.13 Å². The van der Waals surface area contributed by atoms with Gasteiger partial charge in [-0.25, -0.2) is 13.4 Å². The van der Waals surface area contributed by atoms with Gasteiger partial charge in [-0.1, -0.05) is 35.1 Å². The summed E-state index contributed by atoms with van der Waals surface area (Å²) in [5, 5.41) is 1.12. The van der Waals surface area contributed by atoms with E-state index in [-0.39, 0.29) is 10.5 Å². The number of thiazole rings is 1. The summed E-state index contributed by atoms with van der Waals surface area (Å²) in [6, 6.07) is 9.92. The minimum absolute atomic E-state index is 0.0141. The van der Waals surface area contributed by atoms with Crippen molar-refractivity contribution in [3.63, 3.8) is 0 Å². The van der Waals surface area contributed by atoms with Gasteiger partial charge in [0.15, 0.2) is 15.0 Å². The molecule has 0 unspecified atom stereocenters. The summed E-state index contributed by atoms with van der Waals surface area (Å²) in [7, 11) is 0.269. The number of hydrogen-bond donors (Lipinski definition) is 0. The minimum Gasteiger partial charge on any atom is -0.308 e. The van der Waals surface area contributed by atoms with Gasteiger partial charge >= 0.3 is 0 Å². The van der Waals surface area contributed by atoms with E-state index in [0.717, 1.165) is 22.0 Å². The number of aromatic nitrogens is 1. The standard InChI is InChI=1S/C20H22ClN3O3S2/c1-13-11-14(21)12-16-18(13)22-20(28-16)24(10-9-23(2)3)19(25)15-7-5-6-8-17(15)29(4,26)27/h5-8,11-12H,9-10H2,1-4H3. The van der Waals surface area contributed by atoms with E-state index in [1.54, 1.807) is 17.0 Å². The summed E-state index contributed by atoms with van der Waals surface area (Å²) in [6.07, 6.45) is 1.10. The lowest BCUT2D eigenvalue weighted by molar-refractivity contribution is 0.0982. The molecule has 0 saturated heterocycles. The molecular weight excluding hydrogens is 430 g/mol. The van der Waals surface area contributed by atoms with Crippen LogP contribution >= 0.6 is 22.9 Å². The van der Waals surface area contributed by atoms with Crippen molar-refractivity contribution in [2.24, 2.45) is 0 Å². The highest BCUT2D eigenvalue weighted by molar-refractivity contribution is 7.90. The maximum atomic E-state index is 13.4. The van der Waals surface area contributed by atoms with Gasteiger partial charge in [0.2, 0.25) is 0 Å². The number of fused-ring (bicyclic) bond motifs is 1. The van der Waals surface area contributed by atoms with E-state index in [0.29, 0.717) is 23.2 Å². The Balaban J connectivity index is 2.12. The predicted molar refractivity (Wildman–Crippen MR) is 119 cm³/mol. The van der Waals surface area contributed by atoms with Gasteiger partial charge < -0.3 is 4.90 Å². The molecule has 9 heteroatoms. The fraction of sp³-hybridized carbons (Fsp3) is 0.300. The average molecular weight is 452 g/mol. The number of hydrogen-bond acceptors (Lipinski definition) is 6. The molecule has 0 spiro atoms. The molecule has 0 aliphatic carbocycles. The third-order valence-electron chi connectivity index (χ3n) is 4.40. The Morgan fingerprint density at radius 2 is 1.86 bits per heavy atom. The minimum atomic E-state index is -3.55. The number of carbonyl (C=O) groups excluding carboxylic acids is 1. The van der Waals surface area contributed by atoms with Gasteiger partial charge in [0, 0.05) is 24.4 Å². The highest BCUT2D eigenvalue weighted by atomic mass is 35.5. The summed E-state index contributed by atoms with van der Waals surface area (Å²) < 4.78 is 25.3. The first kappa shape index (κ1) is 21.7. The van der Waals surface area contributed by atoms with Gasteiger partial charge in [0.25, 0.3) is 5.91 Å². The first-order valence-corrected chi connectivity index (χ1v) is 12.0. The average Bonchev–Trinajstić information content (AvgIpc) is 3.04. The molecule has 3 rings (SSSR count). The zero-order chi connectivity index (χ0) is 21.3. The molecule has 0 aliphatic rings. The third-order valence-corrected chi connectivity index (χ3v) is 6.80. The molecule has 0 aliphatic heterocycles. The molecule has 1 heterocycles. The molecule has 0 radical (unpaired) electrons. The van der Waals surface area contributed by atoms with E-state index in [4.69, 9.17) is 11.6 Å². The van der Waals surface area contributed by atoms with Crippen molar-refractivity contribution in [3.8, 4) is 0 Å². The maximum Gasteiger partial charge on any atom is 0.261 e. The molecule has 1 aromatic heterocycles. The van der Waals surface area contributed by atoms with Crippen molar-refractivity contribution < 1.29 is 13.2 Å². The Kier molecular flexibility index (Phi) is 6.28. The van der Waals surface area contributed by atoms with Crippen LogP contribution in [-0.2, 0) is 9.84 Å². The van der Waals surface area contributed by atoms with E-state index < -0.39 is 15.7 Å². The lowest BCUT2D eigenvalue weighted by Gasteiger charge is -2.22. The van der Waals surface area contributed by atoms with Crippen LogP contribution in [0.3, 0.4) is 0 Å². The molecule has 0 fully saturated rings. The monoisotopic (exact) mass is 451 g/mol. The fourth-order valence-corrected chi connectivity index (χ4v) is 5.28. The first-order chi connectivity index (χ1) is 13.6. The van der Waals surface area contributed by atoms with Crippen LogP contribution in [0.1, 0.15) is 15.9 Å². The van der Waals surface area contributed by atoms with Gasteiger partial charge in [0.05, 0.1) is 20.7 Å². The van der Waals surface area contributed by atoms with Crippen molar-refractivity contribution >= 4 is 54.0 Å². The molecule has 29 heavy (non-hydrogen) atoms. The second kappa shape index (κ2) is 8.39. The van der Waals surface area contributed by atoms with Crippen molar-refractivity contribution in [2.75, 3.05) is 38.3 Å². The smallest absolute Gasteiger partial charge is 0.261 e. The summed E-state index contributed by atoms with van der Waals surface area (Å²) in [5.41, 5.74) is 1.85. The Hall–Kier alpha value is -2.00. The third kappa shape index (κ3) is 4.78. The van der Waals surface area contributed by atoms with Crippen LogP contribution in [0, 0.1) is 6.92 Å². The van der Waals surface area contributed by atoms with E-state index in [2.05, 4.69) is 4.98 Å². The SMILES string of the molecule is Cc1cc(Cl)cc2sc(N(CCN(C)C)C(=O)c3ccccc3S(C)(=O)=O)nc12. The lowest BCUT2D eigenvalue weighted by atomic mass is 10.2. The largest absolute Gasteiger partial charge is 0.308 e. The summed E-state index contributed by atoms with van der Waals surface area (Å²) in [4.78, 5) is 21.6. The summed E-state index contributed by atoms with van der Waals surface area (Å²) in [6.45, 7) is 2.89. The number of benzene rings is 2. The number of halogens is 1. The number of carbonyl (C=O) groups is 1. The van der Waals surface area contributed by atoms with Crippen LogP contribution in [0.15, 0.2) is 41.3 Å². The second-order valence-electron chi connectivity index (χ2n) is 7.09. The normalized spacial score (nSPS) is 11.9. The molecular formula is C20H22ClN3O3S2. The molecule has 154 valence electrons. The highest BCUT2D eigenvalue weighted by Crippen LogP contribution is 2.34. The quantitative estimate of drug-likeness (QED) is 0.569. The lowest BCUT2D eigenvalue weighted by Crippen LogP contribution is -2.37.